The summed E-state index contributed by atoms with van der Waals surface area (Å²) in [6, 6.07) is 4.34. The Balaban J connectivity index is 2.34. The molecule has 4 nitrogen and oxygen atoms in total. The average Bonchev–Trinajstić information content (AvgIpc) is 2.34. The largest absolute Gasteiger partial charge is 0.489 e. The zero-order valence-electron chi connectivity index (χ0n) is 9.15. The fourth-order valence-electron chi connectivity index (χ4n) is 1.23. The number of aromatic nitrogens is 2. The molecule has 1 aromatic heterocycles. The van der Waals surface area contributed by atoms with E-state index < -0.39 is 5.82 Å². The Morgan fingerprint density at radius 1 is 1.33 bits per heavy atom. The van der Waals surface area contributed by atoms with Gasteiger partial charge in [-0.1, -0.05) is 11.6 Å². The van der Waals surface area contributed by atoms with Crippen LogP contribution in [-0.4, -0.2) is 17.1 Å². The number of methoxy groups -OCH3 is 1. The van der Waals surface area contributed by atoms with Gasteiger partial charge in [0, 0.05) is 6.07 Å². The van der Waals surface area contributed by atoms with E-state index >= 15 is 0 Å². The van der Waals surface area contributed by atoms with Crippen LogP contribution in [0.15, 0.2) is 29.0 Å². The molecular weight excluding hydrogens is 326 g/mol. The smallest absolute Gasteiger partial charge is 0.267 e. The van der Waals surface area contributed by atoms with Gasteiger partial charge in [-0.15, -0.1) is 0 Å². The summed E-state index contributed by atoms with van der Waals surface area (Å²) in [5.74, 6) is 0.164. The van der Waals surface area contributed by atoms with Gasteiger partial charge < -0.3 is 9.47 Å². The monoisotopic (exact) mass is 332 g/mol. The second kappa shape index (κ2) is 5.49. The fraction of sp³-hybridized carbons (Fsp3) is 0.0909. The molecule has 0 saturated carbocycles. The van der Waals surface area contributed by atoms with E-state index in [2.05, 4.69) is 25.9 Å². The summed E-state index contributed by atoms with van der Waals surface area (Å²) in [6.07, 6.45) is 1.23. The third-order valence-electron chi connectivity index (χ3n) is 2.04. The molecule has 0 radical (unpaired) electrons. The van der Waals surface area contributed by atoms with Gasteiger partial charge in [0.25, 0.3) is 5.88 Å². The standard InChI is InChI=1S/C11H7BrClFN2O2/c1-17-9-10(13)15-5-16-11(9)18-6-2-3-7(12)8(14)4-6/h2-5H,1H3. The van der Waals surface area contributed by atoms with Crippen molar-refractivity contribution in [3.63, 3.8) is 0 Å². The minimum atomic E-state index is -0.438. The van der Waals surface area contributed by atoms with Gasteiger partial charge in [-0.3, -0.25) is 0 Å². The van der Waals surface area contributed by atoms with Crippen LogP contribution in [-0.2, 0) is 0 Å². The predicted molar refractivity (Wildman–Crippen MR) is 67.8 cm³/mol. The molecule has 0 fully saturated rings. The van der Waals surface area contributed by atoms with E-state index in [1.165, 1.54) is 25.6 Å². The lowest BCUT2D eigenvalue weighted by atomic mass is 10.3. The molecule has 1 heterocycles. The highest BCUT2D eigenvalue weighted by Crippen LogP contribution is 2.34. The Morgan fingerprint density at radius 2 is 2.11 bits per heavy atom. The summed E-state index contributed by atoms with van der Waals surface area (Å²) in [5.41, 5.74) is 0. The van der Waals surface area contributed by atoms with Crippen molar-refractivity contribution >= 4 is 27.5 Å². The molecule has 2 aromatic rings. The van der Waals surface area contributed by atoms with Crippen molar-refractivity contribution in [3.8, 4) is 17.4 Å². The summed E-state index contributed by atoms with van der Waals surface area (Å²) >= 11 is 8.87. The SMILES string of the molecule is COc1c(Cl)ncnc1Oc1ccc(Br)c(F)c1. The summed E-state index contributed by atoms with van der Waals surface area (Å²) < 4.78 is 24.1. The third kappa shape index (κ3) is 2.70. The molecule has 2 rings (SSSR count). The molecule has 1 aromatic carbocycles. The van der Waals surface area contributed by atoms with Crippen LogP contribution in [0.4, 0.5) is 4.39 Å². The number of hydrogen-bond acceptors (Lipinski definition) is 4. The first-order valence-corrected chi connectivity index (χ1v) is 5.96. The van der Waals surface area contributed by atoms with Crippen LogP contribution in [0.1, 0.15) is 0 Å². The van der Waals surface area contributed by atoms with Gasteiger partial charge in [0.2, 0.25) is 5.75 Å². The first-order valence-electron chi connectivity index (χ1n) is 4.79. The van der Waals surface area contributed by atoms with E-state index in [4.69, 9.17) is 21.1 Å². The topological polar surface area (TPSA) is 44.2 Å². The van der Waals surface area contributed by atoms with E-state index in [1.807, 2.05) is 0 Å². The highest BCUT2D eigenvalue weighted by atomic mass is 79.9. The number of benzene rings is 1. The van der Waals surface area contributed by atoms with Gasteiger partial charge in [0.15, 0.2) is 5.15 Å². The molecule has 0 aliphatic heterocycles. The van der Waals surface area contributed by atoms with E-state index in [1.54, 1.807) is 6.07 Å². The van der Waals surface area contributed by atoms with E-state index in [-0.39, 0.29) is 22.5 Å². The zero-order chi connectivity index (χ0) is 13.1. The molecule has 0 spiro atoms. The van der Waals surface area contributed by atoms with Gasteiger partial charge in [0.1, 0.15) is 17.9 Å². The van der Waals surface area contributed by atoms with Crippen LogP contribution in [0.3, 0.4) is 0 Å². The molecular formula is C11H7BrClFN2O2. The highest BCUT2D eigenvalue weighted by Gasteiger charge is 2.13. The Kier molecular flexibility index (Phi) is 3.98. The third-order valence-corrected chi connectivity index (χ3v) is 2.95. The predicted octanol–water partition coefficient (Wildman–Crippen LogP) is 3.83. The van der Waals surface area contributed by atoms with Crippen molar-refractivity contribution in [1.29, 1.82) is 0 Å². The lowest BCUT2D eigenvalue weighted by Gasteiger charge is -2.09. The number of ether oxygens (including phenoxy) is 2. The van der Waals surface area contributed by atoms with E-state index in [9.17, 15) is 4.39 Å². The maximum absolute atomic E-state index is 13.3. The van der Waals surface area contributed by atoms with Crippen LogP contribution < -0.4 is 9.47 Å². The summed E-state index contributed by atoms with van der Waals surface area (Å²) in [7, 11) is 1.42. The van der Waals surface area contributed by atoms with Crippen LogP contribution in [0.5, 0.6) is 17.4 Å². The van der Waals surface area contributed by atoms with Crippen LogP contribution in [0.25, 0.3) is 0 Å². The normalized spacial score (nSPS) is 10.2. The van der Waals surface area contributed by atoms with Gasteiger partial charge in [-0.2, -0.15) is 4.98 Å². The summed E-state index contributed by atoms with van der Waals surface area (Å²) in [5, 5.41) is 0.125. The number of rotatable bonds is 3. The minimum absolute atomic E-state index is 0.124. The lowest BCUT2D eigenvalue weighted by molar-refractivity contribution is 0.366. The molecule has 0 aliphatic rings. The molecule has 0 amide bonds. The highest BCUT2D eigenvalue weighted by molar-refractivity contribution is 9.10. The molecule has 0 unspecified atom stereocenters. The Morgan fingerprint density at radius 3 is 2.78 bits per heavy atom. The van der Waals surface area contributed by atoms with Crippen LogP contribution in [0, 0.1) is 5.82 Å². The quantitative estimate of drug-likeness (QED) is 0.801. The van der Waals surface area contributed by atoms with Crippen molar-refractivity contribution < 1.29 is 13.9 Å². The van der Waals surface area contributed by atoms with Gasteiger partial charge in [-0.05, 0) is 28.1 Å². The maximum Gasteiger partial charge on any atom is 0.267 e. The fourth-order valence-corrected chi connectivity index (χ4v) is 1.68. The van der Waals surface area contributed by atoms with Gasteiger partial charge in [0.05, 0.1) is 11.6 Å². The van der Waals surface area contributed by atoms with Crippen molar-refractivity contribution in [2.75, 3.05) is 7.11 Å². The van der Waals surface area contributed by atoms with Crippen molar-refractivity contribution in [3.05, 3.63) is 40.0 Å². The van der Waals surface area contributed by atoms with Crippen LogP contribution in [0.2, 0.25) is 5.15 Å². The molecule has 0 saturated heterocycles. The molecule has 0 bridgehead atoms. The average molecular weight is 334 g/mol. The first-order chi connectivity index (χ1) is 8.61. The minimum Gasteiger partial charge on any atom is -0.489 e. The van der Waals surface area contributed by atoms with E-state index in [0.717, 1.165) is 0 Å². The molecule has 0 N–H and O–H groups in total. The van der Waals surface area contributed by atoms with E-state index in [0.29, 0.717) is 4.47 Å². The summed E-state index contributed by atoms with van der Waals surface area (Å²) in [6.45, 7) is 0. The Hall–Kier alpha value is -1.40. The summed E-state index contributed by atoms with van der Waals surface area (Å²) in [4.78, 5) is 7.63. The number of halogens is 3. The molecule has 0 atom stereocenters. The molecule has 0 aliphatic carbocycles. The number of hydrogen-bond donors (Lipinski definition) is 0. The molecule has 7 heteroatoms. The maximum atomic E-state index is 13.3. The number of nitrogens with zero attached hydrogens (tertiary/aromatic N) is 2. The van der Waals surface area contributed by atoms with Crippen molar-refractivity contribution in [2.45, 2.75) is 0 Å². The van der Waals surface area contributed by atoms with Crippen molar-refractivity contribution in [1.82, 2.24) is 9.97 Å². The molecule has 18 heavy (non-hydrogen) atoms. The van der Waals surface area contributed by atoms with Gasteiger partial charge >= 0.3 is 0 Å². The van der Waals surface area contributed by atoms with Crippen molar-refractivity contribution in [2.24, 2.45) is 0 Å². The lowest BCUT2D eigenvalue weighted by Crippen LogP contribution is -1.96. The van der Waals surface area contributed by atoms with Crippen LogP contribution >= 0.6 is 27.5 Å². The second-order valence-electron chi connectivity index (χ2n) is 3.18. The first kappa shape index (κ1) is 13.0. The molecule has 94 valence electrons. The Labute approximate surface area is 116 Å². The van der Waals surface area contributed by atoms with Gasteiger partial charge in [-0.25, -0.2) is 9.37 Å². The Bertz CT molecular complexity index is 583. The zero-order valence-corrected chi connectivity index (χ0v) is 11.5. The second-order valence-corrected chi connectivity index (χ2v) is 4.39.